The van der Waals surface area contributed by atoms with E-state index in [1.807, 2.05) is 20.0 Å². The van der Waals surface area contributed by atoms with Crippen LogP contribution in [0.15, 0.2) is 6.20 Å². The summed E-state index contributed by atoms with van der Waals surface area (Å²) >= 11 is 1.71. The Morgan fingerprint density at radius 3 is 3.00 bits per heavy atom. The molecule has 4 heteroatoms. The van der Waals surface area contributed by atoms with Crippen LogP contribution in [0.25, 0.3) is 0 Å². The van der Waals surface area contributed by atoms with Crippen molar-refractivity contribution in [3.63, 3.8) is 0 Å². The number of aryl methyl sites for hydroxylation is 1. The summed E-state index contributed by atoms with van der Waals surface area (Å²) in [5.41, 5.74) is 0. The van der Waals surface area contributed by atoms with Gasteiger partial charge in [0.2, 0.25) is 0 Å². The van der Waals surface area contributed by atoms with Gasteiger partial charge in [0.15, 0.2) is 0 Å². The molecule has 1 rings (SSSR count). The quantitative estimate of drug-likeness (QED) is 0.750. The molecule has 1 aromatic rings. The zero-order valence-electron chi connectivity index (χ0n) is 8.08. The molecule has 0 bridgehead atoms. The fourth-order valence-corrected chi connectivity index (χ4v) is 1.76. The Morgan fingerprint density at radius 1 is 1.69 bits per heavy atom. The van der Waals surface area contributed by atoms with Crippen molar-refractivity contribution >= 4 is 11.3 Å². The molecule has 0 saturated carbocycles. The van der Waals surface area contributed by atoms with Crippen LogP contribution in [0.3, 0.4) is 0 Å². The third-order valence-corrected chi connectivity index (χ3v) is 2.69. The van der Waals surface area contributed by atoms with Crippen LogP contribution < -0.4 is 5.32 Å². The Labute approximate surface area is 82.8 Å². The van der Waals surface area contributed by atoms with Gasteiger partial charge < -0.3 is 10.4 Å². The van der Waals surface area contributed by atoms with E-state index in [4.69, 9.17) is 5.11 Å². The smallest absolute Gasteiger partial charge is 0.0897 e. The third kappa shape index (κ3) is 3.85. The lowest BCUT2D eigenvalue weighted by Gasteiger charge is -2.07. The van der Waals surface area contributed by atoms with E-state index in [2.05, 4.69) is 10.3 Å². The number of hydrogen-bond donors (Lipinski definition) is 2. The van der Waals surface area contributed by atoms with E-state index < -0.39 is 0 Å². The van der Waals surface area contributed by atoms with Gasteiger partial charge in [-0.2, -0.15) is 0 Å². The van der Waals surface area contributed by atoms with Crippen LogP contribution in [0, 0.1) is 12.8 Å². The van der Waals surface area contributed by atoms with Crippen molar-refractivity contribution in [1.82, 2.24) is 10.3 Å². The van der Waals surface area contributed by atoms with Crippen molar-refractivity contribution in [3.8, 4) is 0 Å². The van der Waals surface area contributed by atoms with Crippen molar-refractivity contribution in [3.05, 3.63) is 16.1 Å². The van der Waals surface area contributed by atoms with Gasteiger partial charge >= 0.3 is 0 Å². The first-order valence-electron chi connectivity index (χ1n) is 4.45. The predicted octanol–water partition coefficient (Wildman–Crippen LogP) is 1.17. The molecule has 1 unspecified atom stereocenters. The summed E-state index contributed by atoms with van der Waals surface area (Å²) in [5, 5.41) is 13.2. The van der Waals surface area contributed by atoms with E-state index in [9.17, 15) is 0 Å². The fraction of sp³-hybridized carbons (Fsp3) is 0.667. The molecular weight excluding hydrogens is 184 g/mol. The maximum atomic E-state index is 8.79. The van der Waals surface area contributed by atoms with Crippen molar-refractivity contribution < 1.29 is 5.11 Å². The van der Waals surface area contributed by atoms with Crippen LogP contribution in [-0.2, 0) is 6.54 Å². The Balaban J connectivity index is 2.20. The van der Waals surface area contributed by atoms with Crippen LogP contribution >= 0.6 is 11.3 Å². The molecule has 0 aliphatic heterocycles. The zero-order chi connectivity index (χ0) is 9.68. The second-order valence-corrected chi connectivity index (χ2v) is 4.58. The minimum absolute atomic E-state index is 0.245. The van der Waals surface area contributed by atoms with Gasteiger partial charge in [-0.05, 0) is 12.8 Å². The average Bonchev–Trinajstić information content (AvgIpc) is 2.51. The number of hydrogen-bond acceptors (Lipinski definition) is 4. The molecule has 1 atom stereocenters. The highest BCUT2D eigenvalue weighted by Gasteiger charge is 2.00. The van der Waals surface area contributed by atoms with Crippen LogP contribution in [0.1, 0.15) is 16.8 Å². The number of aliphatic hydroxyl groups is 1. The molecule has 0 saturated heterocycles. The van der Waals surface area contributed by atoms with Gasteiger partial charge in [0.1, 0.15) is 0 Å². The van der Waals surface area contributed by atoms with Gasteiger partial charge in [-0.25, -0.2) is 4.98 Å². The summed E-state index contributed by atoms with van der Waals surface area (Å²) in [6, 6.07) is 0. The Hall–Kier alpha value is -0.450. The van der Waals surface area contributed by atoms with E-state index in [0.717, 1.165) is 18.1 Å². The molecule has 74 valence electrons. The van der Waals surface area contributed by atoms with Gasteiger partial charge in [-0.15, -0.1) is 11.3 Å². The first kappa shape index (κ1) is 10.6. The van der Waals surface area contributed by atoms with Crippen molar-refractivity contribution in [2.24, 2.45) is 5.92 Å². The lowest BCUT2D eigenvalue weighted by molar-refractivity contribution is 0.233. The molecule has 0 aliphatic carbocycles. The highest BCUT2D eigenvalue weighted by molar-refractivity contribution is 7.11. The van der Waals surface area contributed by atoms with Crippen LogP contribution in [0.4, 0.5) is 0 Å². The van der Waals surface area contributed by atoms with Gasteiger partial charge in [-0.3, -0.25) is 0 Å². The van der Waals surface area contributed by atoms with Crippen LogP contribution in [0.2, 0.25) is 0 Å². The highest BCUT2D eigenvalue weighted by atomic mass is 32.1. The topological polar surface area (TPSA) is 45.2 Å². The van der Waals surface area contributed by atoms with Crippen LogP contribution in [-0.4, -0.2) is 23.2 Å². The number of rotatable bonds is 5. The molecule has 0 aromatic carbocycles. The summed E-state index contributed by atoms with van der Waals surface area (Å²) < 4.78 is 0. The molecule has 2 N–H and O–H groups in total. The third-order valence-electron chi connectivity index (χ3n) is 1.77. The molecule has 0 aliphatic rings. The number of nitrogens with zero attached hydrogens (tertiary/aromatic N) is 1. The summed E-state index contributed by atoms with van der Waals surface area (Å²) in [7, 11) is 0. The molecule has 3 nitrogen and oxygen atoms in total. The van der Waals surface area contributed by atoms with Gasteiger partial charge in [-0.1, -0.05) is 6.92 Å². The number of nitrogens with one attached hydrogen (secondary N) is 1. The number of aliphatic hydroxyl groups excluding tert-OH is 1. The second kappa shape index (κ2) is 5.32. The van der Waals surface area contributed by atoms with E-state index in [0.29, 0.717) is 5.92 Å². The number of thiazole rings is 1. The van der Waals surface area contributed by atoms with Crippen molar-refractivity contribution in [2.75, 3.05) is 13.2 Å². The van der Waals surface area contributed by atoms with Crippen molar-refractivity contribution in [2.45, 2.75) is 20.4 Å². The maximum absolute atomic E-state index is 8.79. The van der Waals surface area contributed by atoms with Crippen LogP contribution in [0.5, 0.6) is 0 Å². The molecule has 1 aromatic heterocycles. The summed E-state index contributed by atoms with van der Waals surface area (Å²) in [6.45, 7) is 5.98. The highest BCUT2D eigenvalue weighted by Crippen LogP contribution is 2.10. The van der Waals surface area contributed by atoms with Gasteiger partial charge in [0, 0.05) is 30.8 Å². The first-order chi connectivity index (χ1) is 6.22. The van der Waals surface area contributed by atoms with E-state index in [-0.39, 0.29) is 6.61 Å². The molecule has 13 heavy (non-hydrogen) atoms. The average molecular weight is 200 g/mol. The summed E-state index contributed by atoms with van der Waals surface area (Å²) in [4.78, 5) is 5.42. The normalized spacial score (nSPS) is 13.2. The Morgan fingerprint density at radius 2 is 2.46 bits per heavy atom. The lowest BCUT2D eigenvalue weighted by Crippen LogP contribution is -2.22. The van der Waals surface area contributed by atoms with Gasteiger partial charge in [0.25, 0.3) is 0 Å². The lowest BCUT2D eigenvalue weighted by atomic mass is 10.2. The predicted molar refractivity (Wildman–Crippen MR) is 54.8 cm³/mol. The Bertz CT molecular complexity index is 250. The second-order valence-electron chi connectivity index (χ2n) is 3.26. The maximum Gasteiger partial charge on any atom is 0.0897 e. The molecular formula is C9H16N2OS. The fourth-order valence-electron chi connectivity index (χ4n) is 0.993. The molecule has 0 spiro atoms. The van der Waals surface area contributed by atoms with E-state index in [1.165, 1.54) is 4.88 Å². The summed E-state index contributed by atoms with van der Waals surface area (Å²) in [6.07, 6.45) is 1.90. The number of aromatic nitrogens is 1. The SMILES string of the molecule is Cc1ncc(CNCC(C)CO)s1. The monoisotopic (exact) mass is 200 g/mol. The van der Waals surface area contributed by atoms with Gasteiger partial charge in [0.05, 0.1) is 5.01 Å². The molecule has 0 fully saturated rings. The van der Waals surface area contributed by atoms with Crippen molar-refractivity contribution in [1.29, 1.82) is 0 Å². The standard InChI is InChI=1S/C9H16N2OS/c1-7(6-12)3-10-4-9-5-11-8(2)13-9/h5,7,10,12H,3-4,6H2,1-2H3. The molecule has 0 amide bonds. The molecule has 0 radical (unpaired) electrons. The largest absolute Gasteiger partial charge is 0.396 e. The zero-order valence-corrected chi connectivity index (χ0v) is 8.90. The Kier molecular flexibility index (Phi) is 4.35. The molecule has 1 heterocycles. The first-order valence-corrected chi connectivity index (χ1v) is 5.27. The van der Waals surface area contributed by atoms with E-state index in [1.54, 1.807) is 11.3 Å². The summed E-state index contributed by atoms with van der Waals surface area (Å²) in [5.74, 6) is 0.328. The minimum atomic E-state index is 0.245. The van der Waals surface area contributed by atoms with E-state index >= 15 is 0 Å². The minimum Gasteiger partial charge on any atom is -0.396 e.